The molecule has 7 heteroatoms. The molecular weight excluding hydrogens is 398 g/mol. The molecule has 1 aliphatic rings. The van der Waals surface area contributed by atoms with Crippen LogP contribution in [0.25, 0.3) is 21.0 Å². The lowest BCUT2D eigenvalue weighted by Crippen LogP contribution is -2.22. The van der Waals surface area contributed by atoms with Crippen LogP contribution in [0.3, 0.4) is 0 Å². The summed E-state index contributed by atoms with van der Waals surface area (Å²) in [5.74, 6) is 1.35. The Balaban J connectivity index is 1.20. The molecule has 0 atom stereocenters. The third-order valence-corrected chi connectivity index (χ3v) is 6.00. The number of fused-ring (bicyclic) bond motifs is 1. The fourth-order valence-corrected chi connectivity index (χ4v) is 4.06. The van der Waals surface area contributed by atoms with Crippen LogP contribution in [-0.4, -0.2) is 16.8 Å². The predicted octanol–water partition coefficient (Wildman–Crippen LogP) is 4.83. The van der Waals surface area contributed by atoms with Crippen LogP contribution in [0.2, 0.25) is 0 Å². The Bertz CT molecular complexity index is 1190. The molecule has 0 unspecified atom stereocenters. The van der Waals surface area contributed by atoms with Crippen LogP contribution in [-0.2, 0) is 11.3 Å². The van der Waals surface area contributed by atoms with E-state index in [1.165, 1.54) is 0 Å². The first-order valence-electron chi connectivity index (χ1n) is 9.79. The fraction of sp³-hybridized carbons (Fsp3) is 0.174. The van der Waals surface area contributed by atoms with Crippen LogP contribution < -0.4 is 10.6 Å². The monoisotopic (exact) mass is 417 g/mol. The van der Waals surface area contributed by atoms with Gasteiger partial charge in [-0.2, -0.15) is 0 Å². The second-order valence-electron chi connectivity index (χ2n) is 7.28. The molecule has 4 aromatic rings. The van der Waals surface area contributed by atoms with Crippen molar-refractivity contribution in [3.05, 3.63) is 72.0 Å². The minimum Gasteiger partial charge on any atom is -0.457 e. The van der Waals surface area contributed by atoms with Crippen LogP contribution in [0.1, 0.15) is 29.0 Å². The van der Waals surface area contributed by atoms with Crippen molar-refractivity contribution in [3.63, 3.8) is 0 Å². The zero-order valence-corrected chi connectivity index (χ0v) is 16.9. The first kappa shape index (κ1) is 18.6. The molecule has 0 aliphatic heterocycles. The lowest BCUT2D eigenvalue weighted by atomic mass is 10.2. The Hall–Kier alpha value is -3.45. The molecule has 2 aromatic carbocycles. The van der Waals surface area contributed by atoms with Gasteiger partial charge in [-0.1, -0.05) is 12.1 Å². The number of benzene rings is 2. The minimum atomic E-state index is -0.201. The Labute approximate surface area is 176 Å². The van der Waals surface area contributed by atoms with Gasteiger partial charge in [0.1, 0.15) is 5.76 Å². The average Bonchev–Trinajstić information content (AvgIpc) is 3.36. The number of furan rings is 1. The molecule has 1 fully saturated rings. The van der Waals surface area contributed by atoms with Gasteiger partial charge < -0.3 is 15.1 Å². The lowest BCUT2D eigenvalue weighted by Gasteiger charge is -2.06. The van der Waals surface area contributed by atoms with Crippen LogP contribution >= 0.6 is 11.3 Å². The van der Waals surface area contributed by atoms with Gasteiger partial charge >= 0.3 is 0 Å². The maximum atomic E-state index is 12.4. The highest BCUT2D eigenvalue weighted by molar-refractivity contribution is 7.21. The molecule has 5 rings (SSSR count). The highest BCUT2D eigenvalue weighted by atomic mass is 32.1. The molecule has 2 heterocycles. The van der Waals surface area contributed by atoms with Gasteiger partial charge in [-0.3, -0.25) is 9.59 Å². The number of carbonyl (C=O) groups is 2. The molecule has 6 nitrogen and oxygen atoms in total. The van der Waals surface area contributed by atoms with Crippen molar-refractivity contribution in [1.29, 1.82) is 0 Å². The molecular formula is C23H19N3O3S. The summed E-state index contributed by atoms with van der Waals surface area (Å²) in [6, 6.07) is 18.6. The minimum absolute atomic E-state index is 0.0500. The summed E-state index contributed by atoms with van der Waals surface area (Å²) in [4.78, 5) is 28.8. The maximum absolute atomic E-state index is 12.4. The summed E-state index contributed by atoms with van der Waals surface area (Å²) in [6.45, 7) is 0.282. The van der Waals surface area contributed by atoms with Crippen LogP contribution in [0, 0.1) is 5.92 Å². The molecule has 1 saturated carbocycles. The number of thiazole rings is 1. The van der Waals surface area contributed by atoms with Crippen molar-refractivity contribution in [1.82, 2.24) is 10.3 Å². The largest absolute Gasteiger partial charge is 0.457 e. The van der Waals surface area contributed by atoms with E-state index in [9.17, 15) is 9.59 Å². The van der Waals surface area contributed by atoms with E-state index in [1.54, 1.807) is 35.6 Å². The van der Waals surface area contributed by atoms with E-state index < -0.39 is 0 Å². The number of carbonyl (C=O) groups excluding carboxylic acids is 2. The third kappa shape index (κ3) is 3.97. The van der Waals surface area contributed by atoms with Crippen molar-refractivity contribution in [2.24, 2.45) is 5.92 Å². The fourth-order valence-electron chi connectivity index (χ4n) is 3.13. The van der Waals surface area contributed by atoms with Crippen LogP contribution in [0.15, 0.2) is 65.1 Å². The average molecular weight is 417 g/mol. The summed E-state index contributed by atoms with van der Waals surface area (Å²) in [5, 5.41) is 6.54. The van der Waals surface area contributed by atoms with Crippen molar-refractivity contribution in [2.45, 2.75) is 19.4 Å². The Morgan fingerprint density at radius 1 is 1.03 bits per heavy atom. The number of amides is 2. The molecule has 2 aromatic heterocycles. The Kier molecular flexibility index (Phi) is 4.80. The number of nitrogens with one attached hydrogen (secondary N) is 2. The zero-order chi connectivity index (χ0) is 20.5. The second kappa shape index (κ2) is 7.76. The summed E-state index contributed by atoms with van der Waals surface area (Å²) < 4.78 is 6.97. The van der Waals surface area contributed by atoms with E-state index in [1.807, 2.05) is 36.4 Å². The first-order chi connectivity index (χ1) is 14.7. The van der Waals surface area contributed by atoms with E-state index in [2.05, 4.69) is 15.6 Å². The van der Waals surface area contributed by atoms with Gasteiger partial charge in [-0.25, -0.2) is 4.98 Å². The maximum Gasteiger partial charge on any atom is 0.251 e. The number of nitrogens with zero attached hydrogens (tertiary/aromatic N) is 1. The van der Waals surface area contributed by atoms with Crippen LogP contribution in [0.5, 0.6) is 0 Å². The Morgan fingerprint density at radius 3 is 2.60 bits per heavy atom. The summed E-state index contributed by atoms with van der Waals surface area (Å²) in [5.41, 5.74) is 2.17. The van der Waals surface area contributed by atoms with E-state index >= 15 is 0 Å². The molecule has 2 amide bonds. The van der Waals surface area contributed by atoms with Crippen molar-refractivity contribution < 1.29 is 14.0 Å². The lowest BCUT2D eigenvalue weighted by molar-refractivity contribution is -0.117. The summed E-state index contributed by atoms with van der Waals surface area (Å²) in [6.07, 6.45) is 1.92. The first-order valence-corrected chi connectivity index (χ1v) is 10.6. The van der Waals surface area contributed by atoms with Gasteiger partial charge in [-0.05, 0) is 61.4 Å². The Morgan fingerprint density at radius 2 is 1.83 bits per heavy atom. The predicted molar refractivity (Wildman–Crippen MR) is 116 cm³/mol. The number of hydrogen-bond acceptors (Lipinski definition) is 5. The molecule has 0 saturated heterocycles. The number of hydrogen-bond donors (Lipinski definition) is 2. The van der Waals surface area contributed by atoms with Gasteiger partial charge in [-0.15, -0.1) is 11.3 Å². The summed E-state index contributed by atoms with van der Waals surface area (Å²) >= 11 is 1.57. The van der Waals surface area contributed by atoms with Gasteiger partial charge in [0.2, 0.25) is 5.91 Å². The van der Waals surface area contributed by atoms with Gasteiger partial charge in [0, 0.05) is 17.2 Å². The number of rotatable bonds is 6. The molecule has 30 heavy (non-hydrogen) atoms. The van der Waals surface area contributed by atoms with Crippen molar-refractivity contribution >= 4 is 39.1 Å². The quantitative estimate of drug-likeness (QED) is 0.470. The van der Waals surface area contributed by atoms with Crippen molar-refractivity contribution in [3.8, 4) is 10.8 Å². The number of aromatic nitrogens is 1. The highest BCUT2D eigenvalue weighted by Gasteiger charge is 2.29. The standard InChI is InChI=1S/C23H19N3O3S/c27-21(14-7-9-16(10-8-14)25-22(28)15-5-6-15)24-13-17-11-12-19(29-17)23-26-18-3-1-2-4-20(18)30-23/h1-4,7-12,15H,5-6,13H2,(H,24,27)(H,25,28). The molecule has 2 N–H and O–H groups in total. The van der Waals surface area contributed by atoms with E-state index in [0.717, 1.165) is 28.1 Å². The zero-order valence-electron chi connectivity index (χ0n) is 16.1. The van der Waals surface area contributed by atoms with Crippen LogP contribution in [0.4, 0.5) is 5.69 Å². The molecule has 0 bridgehead atoms. The van der Waals surface area contributed by atoms with Gasteiger partial charge in [0.05, 0.1) is 16.8 Å². The van der Waals surface area contributed by atoms with E-state index in [4.69, 9.17) is 4.42 Å². The van der Waals surface area contributed by atoms with Gasteiger partial charge in [0.25, 0.3) is 5.91 Å². The number of para-hydroxylation sites is 1. The van der Waals surface area contributed by atoms with Gasteiger partial charge in [0.15, 0.2) is 10.8 Å². The SMILES string of the molecule is O=C(NCc1ccc(-c2nc3ccccc3s2)o1)c1ccc(NC(=O)C2CC2)cc1. The smallest absolute Gasteiger partial charge is 0.251 e. The number of anilines is 1. The third-order valence-electron chi connectivity index (χ3n) is 4.95. The normalized spacial score (nSPS) is 13.3. The van der Waals surface area contributed by atoms with E-state index in [-0.39, 0.29) is 24.3 Å². The molecule has 1 aliphatic carbocycles. The van der Waals surface area contributed by atoms with Crippen molar-refractivity contribution in [2.75, 3.05) is 5.32 Å². The summed E-state index contributed by atoms with van der Waals surface area (Å²) in [7, 11) is 0. The second-order valence-corrected chi connectivity index (χ2v) is 8.31. The highest BCUT2D eigenvalue weighted by Crippen LogP contribution is 2.31. The topological polar surface area (TPSA) is 84.2 Å². The molecule has 0 radical (unpaired) electrons. The molecule has 150 valence electrons. The van der Waals surface area contributed by atoms with E-state index in [0.29, 0.717) is 22.8 Å². The molecule has 0 spiro atoms.